The summed E-state index contributed by atoms with van der Waals surface area (Å²) in [7, 11) is 0. The summed E-state index contributed by atoms with van der Waals surface area (Å²) >= 11 is 18.5. The molecule has 0 unspecified atom stereocenters. The van der Waals surface area contributed by atoms with Gasteiger partial charge in [-0.15, -0.1) is 24.4 Å². The van der Waals surface area contributed by atoms with Gasteiger partial charge in [0.15, 0.2) is 0 Å². The van der Waals surface area contributed by atoms with Crippen molar-refractivity contribution < 1.29 is 9.47 Å². The Labute approximate surface area is 275 Å². The highest BCUT2D eigenvalue weighted by Gasteiger charge is 2.38. The van der Waals surface area contributed by atoms with Crippen LogP contribution in [0.25, 0.3) is 0 Å². The standard InChI is InChI=1S/C28H25ClOS.C9H11ClOS/c1-21(2)30-25-18-19-27(26(29)20-25)31-28(22-12-6-3-7-13-22,23-14-8-4-9-15-23)24-16-10-5-11-17-24;1-6(2)11-7-3-4-9(12)8(10)5-7/h3-21H,1-2H3;3-6,12H,1-2H3. The second kappa shape index (κ2) is 15.6. The molecule has 0 aliphatic rings. The van der Waals surface area contributed by atoms with Gasteiger partial charge in [-0.25, -0.2) is 0 Å². The fraction of sp³-hybridized carbons (Fsp3) is 0.189. The maximum absolute atomic E-state index is 6.78. The van der Waals surface area contributed by atoms with Gasteiger partial charge in [0.1, 0.15) is 11.5 Å². The molecule has 0 saturated carbocycles. The lowest BCUT2D eigenvalue weighted by atomic mass is 9.84. The number of hydrogen-bond donors (Lipinski definition) is 1. The van der Waals surface area contributed by atoms with E-state index < -0.39 is 4.75 Å². The fourth-order valence-electron chi connectivity index (χ4n) is 4.60. The van der Waals surface area contributed by atoms with Crippen molar-refractivity contribution in [3.8, 4) is 11.5 Å². The van der Waals surface area contributed by atoms with Crippen LogP contribution in [-0.4, -0.2) is 12.2 Å². The Morgan fingerprint density at radius 3 is 1.33 bits per heavy atom. The molecular weight excluding hydrogens is 611 g/mol. The van der Waals surface area contributed by atoms with E-state index in [1.54, 1.807) is 17.8 Å². The first-order valence-corrected chi connectivity index (χ1v) is 16.2. The predicted octanol–water partition coefficient (Wildman–Crippen LogP) is 11.6. The molecule has 0 amide bonds. The molecule has 2 nitrogen and oxygen atoms in total. The van der Waals surface area contributed by atoms with Crippen molar-refractivity contribution in [3.05, 3.63) is 154 Å². The number of thioether (sulfide) groups is 1. The van der Waals surface area contributed by atoms with Crippen molar-refractivity contribution in [2.24, 2.45) is 0 Å². The van der Waals surface area contributed by atoms with Crippen LogP contribution in [0.2, 0.25) is 10.0 Å². The van der Waals surface area contributed by atoms with Gasteiger partial charge in [-0.1, -0.05) is 114 Å². The van der Waals surface area contributed by atoms with E-state index in [4.69, 9.17) is 32.7 Å². The normalized spacial score (nSPS) is 11.2. The summed E-state index contributed by atoms with van der Waals surface area (Å²) in [4.78, 5) is 1.78. The van der Waals surface area contributed by atoms with Gasteiger partial charge in [0.05, 0.1) is 27.0 Å². The highest BCUT2D eigenvalue weighted by Crippen LogP contribution is 2.53. The van der Waals surface area contributed by atoms with Crippen LogP contribution in [0.1, 0.15) is 44.4 Å². The minimum Gasteiger partial charge on any atom is -0.491 e. The van der Waals surface area contributed by atoms with Gasteiger partial charge in [0, 0.05) is 9.79 Å². The van der Waals surface area contributed by atoms with Gasteiger partial charge in [-0.05, 0) is 80.8 Å². The SMILES string of the molecule is CC(C)Oc1ccc(S)c(Cl)c1.CC(C)Oc1ccc(SC(c2ccccc2)(c2ccccc2)c2ccccc2)c(Cl)c1. The summed E-state index contributed by atoms with van der Waals surface area (Å²) < 4.78 is 10.8. The van der Waals surface area contributed by atoms with E-state index in [0.29, 0.717) is 10.0 Å². The third-order valence-electron chi connectivity index (χ3n) is 6.37. The van der Waals surface area contributed by atoms with Crippen LogP contribution in [-0.2, 0) is 4.75 Å². The Kier molecular flexibility index (Phi) is 12.0. The predicted molar refractivity (Wildman–Crippen MR) is 187 cm³/mol. The van der Waals surface area contributed by atoms with E-state index in [0.717, 1.165) is 21.3 Å². The lowest BCUT2D eigenvalue weighted by Crippen LogP contribution is -2.25. The topological polar surface area (TPSA) is 18.5 Å². The summed E-state index contributed by atoms with van der Waals surface area (Å²) in [5, 5.41) is 1.31. The molecule has 0 fully saturated rings. The second-order valence-corrected chi connectivity index (χ2v) is 13.0. The third-order valence-corrected chi connectivity index (χ3v) is 9.22. The average molecular weight is 648 g/mol. The quantitative estimate of drug-likeness (QED) is 0.0976. The molecule has 5 rings (SSSR count). The smallest absolute Gasteiger partial charge is 0.121 e. The molecule has 0 saturated heterocycles. The Balaban J connectivity index is 0.000000296. The van der Waals surface area contributed by atoms with Crippen LogP contribution in [0.15, 0.2) is 137 Å². The van der Waals surface area contributed by atoms with E-state index in [-0.39, 0.29) is 12.2 Å². The number of ether oxygens (including phenoxy) is 2. The largest absolute Gasteiger partial charge is 0.491 e. The molecule has 222 valence electrons. The second-order valence-electron chi connectivity index (χ2n) is 10.4. The first-order chi connectivity index (χ1) is 20.7. The molecule has 0 aliphatic heterocycles. The van der Waals surface area contributed by atoms with E-state index >= 15 is 0 Å². The average Bonchev–Trinajstić information content (AvgIpc) is 3.00. The lowest BCUT2D eigenvalue weighted by Gasteiger charge is -2.35. The Morgan fingerprint density at radius 1 is 0.558 bits per heavy atom. The van der Waals surface area contributed by atoms with E-state index in [1.807, 2.05) is 52.0 Å². The van der Waals surface area contributed by atoms with Gasteiger partial charge in [-0.2, -0.15) is 0 Å². The van der Waals surface area contributed by atoms with Gasteiger partial charge < -0.3 is 9.47 Å². The van der Waals surface area contributed by atoms with Crippen molar-refractivity contribution in [1.82, 2.24) is 0 Å². The minimum absolute atomic E-state index is 0.103. The summed E-state index contributed by atoms with van der Waals surface area (Å²) in [5.74, 6) is 1.57. The molecule has 43 heavy (non-hydrogen) atoms. The fourth-order valence-corrected chi connectivity index (χ4v) is 6.58. The zero-order valence-corrected chi connectivity index (χ0v) is 27.9. The molecule has 5 aromatic rings. The zero-order valence-electron chi connectivity index (χ0n) is 24.7. The summed E-state index contributed by atoms with van der Waals surface area (Å²) in [6.45, 7) is 7.98. The molecule has 0 radical (unpaired) electrons. The van der Waals surface area contributed by atoms with E-state index in [2.05, 4.69) is 110 Å². The van der Waals surface area contributed by atoms with Crippen LogP contribution >= 0.6 is 47.6 Å². The van der Waals surface area contributed by atoms with Crippen LogP contribution in [0, 0.1) is 0 Å². The maximum Gasteiger partial charge on any atom is 0.121 e. The van der Waals surface area contributed by atoms with E-state index in [1.165, 1.54) is 16.7 Å². The maximum atomic E-state index is 6.78. The first kappa shape index (κ1) is 32.9. The Bertz CT molecular complexity index is 1480. The highest BCUT2D eigenvalue weighted by atomic mass is 35.5. The number of halogens is 2. The number of hydrogen-bond acceptors (Lipinski definition) is 4. The van der Waals surface area contributed by atoms with Gasteiger partial charge in [-0.3, -0.25) is 0 Å². The van der Waals surface area contributed by atoms with Crippen molar-refractivity contribution in [2.45, 2.75) is 54.4 Å². The molecular formula is C37H36Cl2O2S2. The molecule has 0 spiro atoms. The monoisotopic (exact) mass is 646 g/mol. The van der Waals surface area contributed by atoms with Crippen molar-refractivity contribution in [1.29, 1.82) is 0 Å². The molecule has 0 bridgehead atoms. The zero-order chi connectivity index (χ0) is 30.8. The molecule has 0 aromatic heterocycles. The first-order valence-electron chi connectivity index (χ1n) is 14.2. The molecule has 6 heteroatoms. The van der Waals surface area contributed by atoms with Crippen LogP contribution in [0.4, 0.5) is 0 Å². The summed E-state index contributed by atoms with van der Waals surface area (Å²) in [6.07, 6.45) is 0.276. The Hall–Kier alpha value is -3.02. The van der Waals surface area contributed by atoms with Crippen LogP contribution in [0.3, 0.4) is 0 Å². The number of benzene rings is 5. The van der Waals surface area contributed by atoms with Crippen molar-refractivity contribution in [2.75, 3.05) is 0 Å². The van der Waals surface area contributed by atoms with Crippen LogP contribution in [0.5, 0.6) is 11.5 Å². The summed E-state index contributed by atoms with van der Waals surface area (Å²) in [5.41, 5.74) is 3.61. The van der Waals surface area contributed by atoms with Crippen molar-refractivity contribution in [3.63, 3.8) is 0 Å². The van der Waals surface area contributed by atoms with Crippen molar-refractivity contribution >= 4 is 47.6 Å². The number of rotatable bonds is 9. The van der Waals surface area contributed by atoms with Gasteiger partial charge in [0.2, 0.25) is 0 Å². The Morgan fingerprint density at radius 2 is 0.953 bits per heavy atom. The molecule has 0 N–H and O–H groups in total. The van der Waals surface area contributed by atoms with Gasteiger partial charge in [0.25, 0.3) is 0 Å². The van der Waals surface area contributed by atoms with Crippen LogP contribution < -0.4 is 9.47 Å². The minimum atomic E-state index is -0.451. The number of thiol groups is 1. The van der Waals surface area contributed by atoms with Gasteiger partial charge >= 0.3 is 0 Å². The molecule has 0 atom stereocenters. The summed E-state index contributed by atoms with van der Waals surface area (Å²) in [6, 6.07) is 43.3. The molecule has 0 heterocycles. The van der Waals surface area contributed by atoms with E-state index in [9.17, 15) is 0 Å². The lowest BCUT2D eigenvalue weighted by molar-refractivity contribution is 0.242. The molecule has 0 aliphatic carbocycles. The highest BCUT2D eigenvalue weighted by molar-refractivity contribution is 8.00. The molecule has 5 aromatic carbocycles. The third kappa shape index (κ3) is 8.77.